The summed E-state index contributed by atoms with van der Waals surface area (Å²) in [5.74, 6) is 2.53. The van der Waals surface area contributed by atoms with Gasteiger partial charge in [0.2, 0.25) is 0 Å². The summed E-state index contributed by atoms with van der Waals surface area (Å²) < 4.78 is 1.05. The minimum absolute atomic E-state index is 0.0864. The Hall–Kier alpha value is -1.63. The number of rotatable bonds is 4. The number of carbonyl (C=O) groups excluding carboxylic acids is 1. The fraction of sp³-hybridized carbons (Fsp3) is 0.154. The fourth-order valence-corrected chi connectivity index (χ4v) is 2.49. The van der Waals surface area contributed by atoms with E-state index in [-0.39, 0.29) is 5.78 Å². The largest absolute Gasteiger partial charge is 0.299 e. The maximum Gasteiger partial charge on any atom is 0.178 e. The second-order valence-corrected chi connectivity index (χ2v) is 4.29. The van der Waals surface area contributed by atoms with Gasteiger partial charge in [0.15, 0.2) is 5.78 Å². The van der Waals surface area contributed by atoms with Crippen LogP contribution >= 0.6 is 11.3 Å². The van der Waals surface area contributed by atoms with Crippen molar-refractivity contribution in [2.75, 3.05) is 13.1 Å². The monoisotopic (exact) mass is 229 g/mol. The van der Waals surface area contributed by atoms with Crippen molar-refractivity contribution in [2.24, 2.45) is 0 Å². The topological polar surface area (TPSA) is 29.1 Å². The van der Waals surface area contributed by atoms with Crippen LogP contribution in [-0.2, 0) is 0 Å². The Morgan fingerprint density at radius 1 is 1.44 bits per heavy atom. The van der Waals surface area contributed by atoms with Gasteiger partial charge in [-0.15, -0.1) is 17.8 Å². The number of carbonyl (C=O) groups is 1. The lowest BCUT2D eigenvalue weighted by molar-refractivity contribution is 0.0994. The first-order valence-corrected chi connectivity index (χ1v) is 5.84. The third-order valence-corrected chi connectivity index (χ3v) is 3.26. The van der Waals surface area contributed by atoms with Gasteiger partial charge in [0, 0.05) is 10.3 Å². The molecule has 0 saturated heterocycles. The van der Waals surface area contributed by atoms with Gasteiger partial charge in [0.05, 0.1) is 13.1 Å². The summed E-state index contributed by atoms with van der Waals surface area (Å²) in [6, 6.07) is 7.80. The molecule has 1 aromatic carbocycles. The first kappa shape index (κ1) is 10.9. The lowest BCUT2D eigenvalue weighted by Crippen LogP contribution is -2.23. The van der Waals surface area contributed by atoms with Gasteiger partial charge in [-0.2, -0.15) is 0 Å². The van der Waals surface area contributed by atoms with Crippen molar-refractivity contribution >= 4 is 27.2 Å². The number of hydrogen-bond acceptors (Lipinski definition) is 3. The predicted octanol–water partition coefficient (Wildman–Crippen LogP) is 2.31. The Balaban J connectivity index is 2.23. The third-order valence-electron chi connectivity index (χ3n) is 2.29. The summed E-state index contributed by atoms with van der Waals surface area (Å²) in [5.41, 5.74) is 0.775. The molecular formula is C13H11NOS. The van der Waals surface area contributed by atoms with Crippen LogP contribution < -0.4 is 5.32 Å². The summed E-state index contributed by atoms with van der Waals surface area (Å²) >= 11 is 1.59. The van der Waals surface area contributed by atoms with E-state index in [1.807, 2.05) is 29.6 Å². The van der Waals surface area contributed by atoms with Crippen LogP contribution in [0.3, 0.4) is 0 Å². The molecule has 0 unspecified atom stereocenters. The first-order valence-electron chi connectivity index (χ1n) is 4.96. The lowest BCUT2D eigenvalue weighted by atomic mass is 10.1. The average molecular weight is 229 g/mol. The second kappa shape index (κ2) is 4.93. The van der Waals surface area contributed by atoms with Crippen molar-refractivity contribution in [1.82, 2.24) is 5.32 Å². The van der Waals surface area contributed by atoms with Crippen LogP contribution in [0.5, 0.6) is 0 Å². The van der Waals surface area contributed by atoms with E-state index < -0.39 is 0 Å². The van der Waals surface area contributed by atoms with E-state index in [0.29, 0.717) is 13.1 Å². The molecule has 0 radical (unpaired) electrons. The van der Waals surface area contributed by atoms with Gasteiger partial charge in [-0.05, 0) is 22.9 Å². The summed E-state index contributed by atoms with van der Waals surface area (Å²) in [5, 5.41) is 6.02. The van der Waals surface area contributed by atoms with Gasteiger partial charge in [0.1, 0.15) is 0 Å². The molecule has 16 heavy (non-hydrogen) atoms. The normalized spacial score (nSPS) is 10.2. The summed E-state index contributed by atoms with van der Waals surface area (Å²) in [6.07, 6.45) is 5.11. The van der Waals surface area contributed by atoms with Crippen molar-refractivity contribution in [1.29, 1.82) is 0 Å². The highest BCUT2D eigenvalue weighted by Crippen LogP contribution is 2.24. The zero-order valence-electron chi connectivity index (χ0n) is 8.69. The van der Waals surface area contributed by atoms with Gasteiger partial charge in [0.25, 0.3) is 0 Å². The molecule has 80 valence electrons. The zero-order chi connectivity index (χ0) is 11.4. The van der Waals surface area contributed by atoms with Crippen LogP contribution in [0.2, 0.25) is 0 Å². The molecule has 1 heterocycles. The fourth-order valence-electron chi connectivity index (χ4n) is 1.56. The third kappa shape index (κ3) is 2.13. The number of thiophene rings is 1. The zero-order valence-corrected chi connectivity index (χ0v) is 9.51. The number of fused-ring (bicyclic) bond motifs is 1. The SMILES string of the molecule is C#CCNCC(=O)c1cccc2ccsc12. The van der Waals surface area contributed by atoms with E-state index in [1.54, 1.807) is 11.3 Å². The van der Waals surface area contributed by atoms with E-state index >= 15 is 0 Å². The maximum absolute atomic E-state index is 11.9. The Kier molecular flexibility index (Phi) is 3.35. The molecule has 0 atom stereocenters. The molecule has 0 bridgehead atoms. The minimum Gasteiger partial charge on any atom is -0.299 e. The van der Waals surface area contributed by atoms with Crippen molar-refractivity contribution in [3.8, 4) is 12.3 Å². The van der Waals surface area contributed by atoms with E-state index in [0.717, 1.165) is 15.6 Å². The van der Waals surface area contributed by atoms with E-state index in [1.165, 1.54) is 0 Å². The van der Waals surface area contributed by atoms with Crippen LogP contribution in [0.1, 0.15) is 10.4 Å². The van der Waals surface area contributed by atoms with Gasteiger partial charge >= 0.3 is 0 Å². The second-order valence-electron chi connectivity index (χ2n) is 3.38. The molecule has 2 nitrogen and oxygen atoms in total. The Bertz CT molecular complexity index is 550. The van der Waals surface area contributed by atoms with Crippen molar-refractivity contribution in [3.63, 3.8) is 0 Å². The molecule has 2 aromatic rings. The number of ketones is 1. The first-order chi connectivity index (χ1) is 7.83. The van der Waals surface area contributed by atoms with Gasteiger partial charge in [-0.1, -0.05) is 18.1 Å². The number of Topliss-reactive ketones (excluding diaryl/α,β-unsaturated/α-hetero) is 1. The highest BCUT2D eigenvalue weighted by molar-refractivity contribution is 7.17. The van der Waals surface area contributed by atoms with Crippen LogP contribution in [0, 0.1) is 12.3 Å². The maximum atomic E-state index is 11.9. The van der Waals surface area contributed by atoms with Crippen molar-refractivity contribution < 1.29 is 4.79 Å². The molecular weight excluding hydrogens is 218 g/mol. The highest BCUT2D eigenvalue weighted by Gasteiger charge is 2.09. The average Bonchev–Trinajstić information content (AvgIpc) is 2.76. The van der Waals surface area contributed by atoms with Crippen molar-refractivity contribution in [2.45, 2.75) is 0 Å². The molecule has 0 fully saturated rings. The predicted molar refractivity (Wildman–Crippen MR) is 67.9 cm³/mol. The standard InChI is InChI=1S/C13H11NOS/c1-2-7-14-9-12(15)11-5-3-4-10-6-8-16-13(10)11/h1,3-6,8,14H,7,9H2. The van der Waals surface area contributed by atoms with Gasteiger partial charge in [-0.3, -0.25) is 10.1 Å². The lowest BCUT2D eigenvalue weighted by Gasteiger charge is -2.02. The smallest absolute Gasteiger partial charge is 0.178 e. The minimum atomic E-state index is 0.0864. The van der Waals surface area contributed by atoms with E-state index in [4.69, 9.17) is 6.42 Å². The van der Waals surface area contributed by atoms with Crippen LogP contribution in [-0.4, -0.2) is 18.9 Å². The molecule has 0 spiro atoms. The van der Waals surface area contributed by atoms with Crippen LogP contribution in [0.15, 0.2) is 29.6 Å². The molecule has 0 aliphatic carbocycles. The summed E-state index contributed by atoms with van der Waals surface area (Å²) in [7, 11) is 0. The summed E-state index contributed by atoms with van der Waals surface area (Å²) in [6.45, 7) is 0.716. The van der Waals surface area contributed by atoms with Gasteiger partial charge < -0.3 is 0 Å². The van der Waals surface area contributed by atoms with Gasteiger partial charge in [-0.25, -0.2) is 0 Å². The number of hydrogen-bond donors (Lipinski definition) is 1. The number of terminal acetylenes is 1. The van der Waals surface area contributed by atoms with E-state index in [9.17, 15) is 4.79 Å². The highest BCUT2D eigenvalue weighted by atomic mass is 32.1. The van der Waals surface area contributed by atoms with E-state index in [2.05, 4.69) is 11.2 Å². The number of nitrogens with one attached hydrogen (secondary N) is 1. The molecule has 0 aliphatic heterocycles. The Morgan fingerprint density at radius 3 is 3.12 bits per heavy atom. The van der Waals surface area contributed by atoms with Crippen LogP contribution in [0.4, 0.5) is 0 Å². The Morgan fingerprint density at radius 2 is 2.31 bits per heavy atom. The Labute approximate surface area is 98.3 Å². The van der Waals surface area contributed by atoms with Crippen molar-refractivity contribution in [3.05, 3.63) is 35.2 Å². The molecule has 1 aromatic heterocycles. The molecule has 0 amide bonds. The number of benzene rings is 1. The molecule has 2 rings (SSSR count). The molecule has 0 aliphatic rings. The van der Waals surface area contributed by atoms with Crippen LogP contribution in [0.25, 0.3) is 10.1 Å². The quantitative estimate of drug-likeness (QED) is 0.495. The summed E-state index contributed by atoms with van der Waals surface area (Å²) in [4.78, 5) is 11.9. The molecule has 3 heteroatoms. The molecule has 0 saturated carbocycles. The molecule has 1 N–H and O–H groups in total.